The zero-order valence-electron chi connectivity index (χ0n) is 9.16. The third-order valence-corrected chi connectivity index (χ3v) is 3.96. The minimum atomic E-state index is -0.924. The molecule has 0 saturated heterocycles. The Morgan fingerprint density at radius 1 is 1.50 bits per heavy atom. The number of carboxylic acids is 1. The number of nitriles is 1. The lowest BCUT2D eigenvalue weighted by Gasteiger charge is -2.03. The standard InChI is InChI=1S/C12H8N2O2S2/c13-6-8-3-4-9(10-2-1-5-17-10)14-12(8)18-7-11(15)16/h1-5H,7H2,(H,15,16). The highest BCUT2D eigenvalue weighted by molar-refractivity contribution is 7.99. The monoisotopic (exact) mass is 276 g/mol. The number of hydrogen-bond acceptors (Lipinski definition) is 5. The van der Waals surface area contributed by atoms with Crippen LogP contribution in [0.15, 0.2) is 34.7 Å². The molecule has 4 nitrogen and oxygen atoms in total. The van der Waals surface area contributed by atoms with Crippen molar-refractivity contribution in [1.29, 1.82) is 5.26 Å². The fourth-order valence-corrected chi connectivity index (χ4v) is 2.71. The van der Waals surface area contributed by atoms with E-state index in [1.165, 1.54) is 0 Å². The molecule has 18 heavy (non-hydrogen) atoms. The SMILES string of the molecule is N#Cc1ccc(-c2cccs2)nc1SCC(=O)O. The van der Waals surface area contributed by atoms with Crippen LogP contribution in [0.1, 0.15) is 5.56 Å². The topological polar surface area (TPSA) is 74.0 Å². The van der Waals surface area contributed by atoms with E-state index in [4.69, 9.17) is 10.4 Å². The molecule has 90 valence electrons. The maximum absolute atomic E-state index is 10.6. The first kappa shape index (κ1) is 12.6. The van der Waals surface area contributed by atoms with E-state index >= 15 is 0 Å². The van der Waals surface area contributed by atoms with Crippen molar-refractivity contribution in [2.24, 2.45) is 0 Å². The highest BCUT2D eigenvalue weighted by Crippen LogP contribution is 2.27. The number of aromatic nitrogens is 1. The van der Waals surface area contributed by atoms with E-state index in [-0.39, 0.29) is 5.75 Å². The predicted molar refractivity (Wildman–Crippen MR) is 70.6 cm³/mol. The van der Waals surface area contributed by atoms with Crippen LogP contribution in [-0.4, -0.2) is 21.8 Å². The first-order chi connectivity index (χ1) is 8.70. The molecule has 2 aromatic heterocycles. The molecule has 0 aromatic carbocycles. The predicted octanol–water partition coefficient (Wildman–Crippen LogP) is 2.86. The lowest BCUT2D eigenvalue weighted by molar-refractivity contribution is -0.133. The fourth-order valence-electron chi connectivity index (χ4n) is 1.33. The molecule has 0 saturated carbocycles. The summed E-state index contributed by atoms with van der Waals surface area (Å²) in [6.45, 7) is 0. The summed E-state index contributed by atoms with van der Waals surface area (Å²) < 4.78 is 0. The average Bonchev–Trinajstić information content (AvgIpc) is 2.89. The van der Waals surface area contributed by atoms with Gasteiger partial charge >= 0.3 is 5.97 Å². The van der Waals surface area contributed by atoms with Gasteiger partial charge in [-0.1, -0.05) is 17.8 Å². The quantitative estimate of drug-likeness (QED) is 0.869. The first-order valence-corrected chi connectivity index (χ1v) is 6.87. The normalized spacial score (nSPS) is 9.94. The van der Waals surface area contributed by atoms with Crippen molar-refractivity contribution in [3.63, 3.8) is 0 Å². The molecule has 0 aliphatic carbocycles. The van der Waals surface area contributed by atoms with Crippen LogP contribution in [0, 0.1) is 11.3 Å². The highest BCUT2D eigenvalue weighted by atomic mass is 32.2. The van der Waals surface area contributed by atoms with Gasteiger partial charge in [-0.15, -0.1) is 11.3 Å². The molecule has 0 fully saturated rings. The summed E-state index contributed by atoms with van der Waals surface area (Å²) in [5.74, 6) is -1.03. The molecular formula is C12H8N2O2S2. The Kier molecular flexibility index (Phi) is 3.97. The van der Waals surface area contributed by atoms with Gasteiger partial charge in [0.1, 0.15) is 11.1 Å². The second-order valence-electron chi connectivity index (χ2n) is 3.32. The van der Waals surface area contributed by atoms with Crippen molar-refractivity contribution in [3.8, 4) is 16.6 Å². The summed E-state index contributed by atoms with van der Waals surface area (Å²) in [5, 5.41) is 20.0. The zero-order chi connectivity index (χ0) is 13.0. The number of thioether (sulfide) groups is 1. The zero-order valence-corrected chi connectivity index (χ0v) is 10.8. The Morgan fingerprint density at radius 2 is 2.33 bits per heavy atom. The fraction of sp³-hybridized carbons (Fsp3) is 0.0833. The smallest absolute Gasteiger partial charge is 0.313 e. The van der Waals surface area contributed by atoms with Gasteiger partial charge in [-0.05, 0) is 23.6 Å². The molecule has 0 aliphatic rings. The van der Waals surface area contributed by atoms with Crippen LogP contribution in [0.4, 0.5) is 0 Å². The van der Waals surface area contributed by atoms with Crippen molar-refractivity contribution in [1.82, 2.24) is 4.98 Å². The first-order valence-electron chi connectivity index (χ1n) is 5.00. The molecule has 2 heterocycles. The minimum Gasteiger partial charge on any atom is -0.481 e. The largest absolute Gasteiger partial charge is 0.481 e. The number of carboxylic acid groups (broad SMARTS) is 1. The van der Waals surface area contributed by atoms with E-state index in [9.17, 15) is 4.79 Å². The van der Waals surface area contributed by atoms with Gasteiger partial charge in [-0.25, -0.2) is 4.98 Å². The Morgan fingerprint density at radius 3 is 2.94 bits per heavy atom. The van der Waals surface area contributed by atoms with Crippen molar-refractivity contribution < 1.29 is 9.90 Å². The molecule has 0 atom stereocenters. The molecular weight excluding hydrogens is 268 g/mol. The summed E-state index contributed by atoms with van der Waals surface area (Å²) >= 11 is 2.61. The second-order valence-corrected chi connectivity index (χ2v) is 5.23. The third-order valence-electron chi connectivity index (χ3n) is 2.09. The van der Waals surface area contributed by atoms with Gasteiger partial charge in [-0.3, -0.25) is 4.79 Å². The molecule has 0 bridgehead atoms. The summed E-state index contributed by atoms with van der Waals surface area (Å²) in [6.07, 6.45) is 0. The summed E-state index contributed by atoms with van der Waals surface area (Å²) in [6, 6.07) is 9.32. The van der Waals surface area contributed by atoms with Crippen LogP contribution in [0.3, 0.4) is 0 Å². The van der Waals surface area contributed by atoms with E-state index in [0.29, 0.717) is 10.6 Å². The van der Waals surface area contributed by atoms with Crippen molar-refractivity contribution in [2.75, 3.05) is 5.75 Å². The minimum absolute atomic E-state index is 0.102. The lowest BCUT2D eigenvalue weighted by atomic mass is 10.2. The molecule has 6 heteroatoms. The maximum atomic E-state index is 10.6. The number of pyridine rings is 1. The molecule has 1 N–H and O–H groups in total. The van der Waals surface area contributed by atoms with E-state index in [2.05, 4.69) is 4.98 Å². The van der Waals surface area contributed by atoms with Gasteiger partial charge in [0, 0.05) is 0 Å². The van der Waals surface area contributed by atoms with Crippen LogP contribution < -0.4 is 0 Å². The van der Waals surface area contributed by atoms with E-state index in [1.54, 1.807) is 23.5 Å². The van der Waals surface area contributed by atoms with Gasteiger partial charge in [-0.2, -0.15) is 5.26 Å². The summed E-state index contributed by atoms with van der Waals surface area (Å²) in [7, 11) is 0. The van der Waals surface area contributed by atoms with E-state index in [0.717, 1.165) is 22.3 Å². The van der Waals surface area contributed by atoms with Gasteiger partial charge in [0.15, 0.2) is 0 Å². The number of rotatable bonds is 4. The van der Waals surface area contributed by atoms with Gasteiger partial charge < -0.3 is 5.11 Å². The lowest BCUT2D eigenvalue weighted by Crippen LogP contribution is -1.99. The molecule has 0 aliphatic heterocycles. The van der Waals surface area contributed by atoms with Crippen molar-refractivity contribution >= 4 is 29.1 Å². The molecule has 0 amide bonds. The maximum Gasteiger partial charge on any atom is 0.313 e. The second kappa shape index (κ2) is 5.67. The molecule has 0 radical (unpaired) electrons. The molecule has 2 rings (SSSR count). The van der Waals surface area contributed by atoms with E-state index in [1.807, 2.05) is 23.6 Å². The Hall–Kier alpha value is -1.84. The summed E-state index contributed by atoms with van der Waals surface area (Å²) in [5.41, 5.74) is 1.17. The van der Waals surface area contributed by atoms with Crippen LogP contribution >= 0.6 is 23.1 Å². The van der Waals surface area contributed by atoms with Crippen LogP contribution in [0.5, 0.6) is 0 Å². The highest BCUT2D eigenvalue weighted by Gasteiger charge is 2.10. The van der Waals surface area contributed by atoms with Gasteiger partial charge in [0.25, 0.3) is 0 Å². The van der Waals surface area contributed by atoms with Crippen molar-refractivity contribution in [3.05, 3.63) is 35.2 Å². The molecule has 0 spiro atoms. The summed E-state index contributed by atoms with van der Waals surface area (Å²) in [4.78, 5) is 15.9. The van der Waals surface area contributed by atoms with Crippen molar-refractivity contribution in [2.45, 2.75) is 5.03 Å². The molecule has 2 aromatic rings. The van der Waals surface area contributed by atoms with Gasteiger partial charge in [0.2, 0.25) is 0 Å². The Bertz CT molecular complexity index is 603. The Labute approximate surface area is 112 Å². The average molecular weight is 276 g/mol. The number of thiophene rings is 1. The van der Waals surface area contributed by atoms with Gasteiger partial charge in [0.05, 0.1) is 21.9 Å². The number of aliphatic carboxylic acids is 1. The van der Waals surface area contributed by atoms with Crippen LogP contribution in [-0.2, 0) is 4.79 Å². The number of nitrogens with zero attached hydrogens (tertiary/aromatic N) is 2. The third kappa shape index (κ3) is 2.88. The van der Waals surface area contributed by atoms with Crippen LogP contribution in [0.25, 0.3) is 10.6 Å². The number of carbonyl (C=O) groups is 1. The Balaban J connectivity index is 2.34. The van der Waals surface area contributed by atoms with Crippen LogP contribution in [0.2, 0.25) is 0 Å². The van der Waals surface area contributed by atoms with E-state index < -0.39 is 5.97 Å². The molecule has 0 unspecified atom stereocenters. The number of hydrogen-bond donors (Lipinski definition) is 1.